The molecule has 1 fully saturated rings. The van der Waals surface area contributed by atoms with E-state index in [1.54, 1.807) is 10.9 Å². The highest BCUT2D eigenvalue weighted by atomic mass is 32.2. The molecule has 0 spiro atoms. The molecule has 0 atom stereocenters. The van der Waals surface area contributed by atoms with Gasteiger partial charge in [-0.15, -0.1) is 0 Å². The van der Waals surface area contributed by atoms with Gasteiger partial charge >= 0.3 is 0 Å². The lowest BCUT2D eigenvalue weighted by Crippen LogP contribution is -2.27. The fourth-order valence-corrected chi connectivity index (χ4v) is 3.34. The minimum Gasteiger partial charge on any atom is -0.313 e. The van der Waals surface area contributed by atoms with Crippen LogP contribution < -0.4 is 10.0 Å². The SMILES string of the molecule is CC(C)NCCn1cc(S(=O)(=O)NCCC2CCC2)cn1. The molecule has 7 heteroatoms. The molecule has 0 radical (unpaired) electrons. The van der Waals surface area contributed by atoms with Crippen LogP contribution in [0.1, 0.15) is 39.5 Å². The molecular weight excluding hydrogens is 288 g/mol. The summed E-state index contributed by atoms with van der Waals surface area (Å²) in [5, 5.41) is 7.38. The molecule has 0 aromatic carbocycles. The van der Waals surface area contributed by atoms with Crippen molar-refractivity contribution in [3.63, 3.8) is 0 Å². The Morgan fingerprint density at radius 1 is 1.38 bits per heavy atom. The molecule has 0 aliphatic heterocycles. The maximum atomic E-state index is 12.1. The molecule has 1 saturated carbocycles. The van der Waals surface area contributed by atoms with Crippen LogP contribution in [0.2, 0.25) is 0 Å². The second-order valence-corrected chi connectivity index (χ2v) is 7.80. The third-order valence-corrected chi connectivity index (χ3v) is 5.30. The molecule has 1 aliphatic rings. The molecule has 1 aromatic rings. The topological polar surface area (TPSA) is 76.0 Å². The normalized spacial score (nSPS) is 16.3. The summed E-state index contributed by atoms with van der Waals surface area (Å²) in [6, 6.07) is 0.414. The van der Waals surface area contributed by atoms with Crippen LogP contribution in [0.3, 0.4) is 0 Å². The largest absolute Gasteiger partial charge is 0.313 e. The molecule has 0 bridgehead atoms. The third-order valence-electron chi connectivity index (χ3n) is 3.88. The van der Waals surface area contributed by atoms with Gasteiger partial charge in [-0.2, -0.15) is 5.10 Å². The first-order chi connectivity index (χ1) is 9.97. The Bertz CT molecular complexity index is 535. The van der Waals surface area contributed by atoms with Crippen molar-refractivity contribution in [2.75, 3.05) is 13.1 Å². The molecule has 2 N–H and O–H groups in total. The van der Waals surface area contributed by atoms with Gasteiger partial charge in [0.1, 0.15) is 4.90 Å². The van der Waals surface area contributed by atoms with Crippen molar-refractivity contribution < 1.29 is 8.42 Å². The monoisotopic (exact) mass is 314 g/mol. The maximum absolute atomic E-state index is 12.1. The van der Waals surface area contributed by atoms with E-state index in [9.17, 15) is 8.42 Å². The van der Waals surface area contributed by atoms with Crippen LogP contribution in [-0.4, -0.2) is 37.3 Å². The Hall–Kier alpha value is -0.920. The maximum Gasteiger partial charge on any atom is 0.243 e. The fraction of sp³-hybridized carbons (Fsp3) is 0.786. The van der Waals surface area contributed by atoms with E-state index in [1.165, 1.54) is 25.5 Å². The number of nitrogens with one attached hydrogen (secondary N) is 2. The lowest BCUT2D eigenvalue weighted by atomic mass is 9.83. The fourth-order valence-electron chi connectivity index (χ4n) is 2.34. The van der Waals surface area contributed by atoms with Crippen molar-refractivity contribution in [3.8, 4) is 0 Å². The third kappa shape index (κ3) is 5.09. The van der Waals surface area contributed by atoms with Crippen molar-refractivity contribution in [1.82, 2.24) is 19.8 Å². The Morgan fingerprint density at radius 2 is 2.14 bits per heavy atom. The van der Waals surface area contributed by atoms with Crippen molar-refractivity contribution in [2.24, 2.45) is 5.92 Å². The highest BCUT2D eigenvalue weighted by Crippen LogP contribution is 2.28. The highest BCUT2D eigenvalue weighted by Gasteiger charge is 2.20. The Balaban J connectivity index is 1.80. The average Bonchev–Trinajstić information content (AvgIpc) is 2.81. The number of rotatable bonds is 9. The number of hydrogen-bond acceptors (Lipinski definition) is 4. The summed E-state index contributed by atoms with van der Waals surface area (Å²) in [5.41, 5.74) is 0. The summed E-state index contributed by atoms with van der Waals surface area (Å²) >= 11 is 0. The summed E-state index contributed by atoms with van der Waals surface area (Å²) in [6.45, 7) is 6.10. The number of sulfonamides is 1. The number of aromatic nitrogens is 2. The second-order valence-electron chi connectivity index (χ2n) is 6.03. The lowest BCUT2D eigenvalue weighted by molar-refractivity contribution is 0.297. The van der Waals surface area contributed by atoms with E-state index < -0.39 is 10.0 Å². The van der Waals surface area contributed by atoms with Crippen molar-refractivity contribution in [3.05, 3.63) is 12.4 Å². The molecule has 1 aromatic heterocycles. The van der Waals surface area contributed by atoms with E-state index >= 15 is 0 Å². The molecule has 1 aliphatic carbocycles. The van der Waals surface area contributed by atoms with E-state index in [-0.39, 0.29) is 4.90 Å². The average molecular weight is 314 g/mol. The Kier molecular flexibility index (Phi) is 5.78. The van der Waals surface area contributed by atoms with E-state index in [4.69, 9.17) is 0 Å². The minimum absolute atomic E-state index is 0.251. The van der Waals surface area contributed by atoms with Gasteiger partial charge in [-0.25, -0.2) is 13.1 Å². The minimum atomic E-state index is -3.41. The Morgan fingerprint density at radius 3 is 2.76 bits per heavy atom. The smallest absolute Gasteiger partial charge is 0.243 e. The van der Waals surface area contributed by atoms with Crippen molar-refractivity contribution >= 4 is 10.0 Å². The van der Waals surface area contributed by atoms with Crippen LogP contribution in [0.4, 0.5) is 0 Å². The van der Waals surface area contributed by atoms with Crippen LogP contribution in [0.15, 0.2) is 17.3 Å². The van der Waals surface area contributed by atoms with Crippen molar-refractivity contribution in [2.45, 2.75) is 57.0 Å². The van der Waals surface area contributed by atoms with Gasteiger partial charge in [0.05, 0.1) is 12.7 Å². The first-order valence-electron chi connectivity index (χ1n) is 7.73. The van der Waals surface area contributed by atoms with Gasteiger partial charge < -0.3 is 5.32 Å². The number of hydrogen-bond donors (Lipinski definition) is 2. The summed E-state index contributed by atoms with van der Waals surface area (Å²) in [4.78, 5) is 0.251. The molecule has 0 unspecified atom stereocenters. The van der Waals surface area contributed by atoms with Crippen LogP contribution in [0.25, 0.3) is 0 Å². The zero-order valence-corrected chi connectivity index (χ0v) is 13.7. The molecule has 0 saturated heterocycles. The molecule has 2 rings (SSSR count). The highest BCUT2D eigenvalue weighted by molar-refractivity contribution is 7.89. The zero-order valence-electron chi connectivity index (χ0n) is 12.9. The van der Waals surface area contributed by atoms with Crippen LogP contribution in [-0.2, 0) is 16.6 Å². The standard InChI is InChI=1S/C14H26N4O2S/c1-12(2)15-8-9-18-11-14(10-16-18)21(19,20)17-7-6-13-4-3-5-13/h10-13,15,17H,3-9H2,1-2H3. The van der Waals surface area contributed by atoms with Gasteiger partial charge in [0.2, 0.25) is 10.0 Å². The molecule has 0 amide bonds. The summed E-state index contributed by atoms with van der Waals surface area (Å²) < 4.78 is 28.6. The quantitative estimate of drug-likeness (QED) is 0.721. The van der Waals surface area contributed by atoms with Gasteiger partial charge in [0.15, 0.2) is 0 Å². The second kappa shape index (κ2) is 7.38. The predicted molar refractivity (Wildman–Crippen MR) is 82.5 cm³/mol. The van der Waals surface area contributed by atoms with Crippen LogP contribution >= 0.6 is 0 Å². The van der Waals surface area contributed by atoms with E-state index in [0.29, 0.717) is 25.0 Å². The molecule has 6 nitrogen and oxygen atoms in total. The predicted octanol–water partition coefficient (Wildman–Crippen LogP) is 1.35. The summed E-state index contributed by atoms with van der Waals surface area (Å²) in [6.07, 6.45) is 7.71. The first kappa shape index (κ1) is 16.5. The van der Waals surface area contributed by atoms with E-state index in [2.05, 4.69) is 29.0 Å². The summed E-state index contributed by atoms with van der Waals surface area (Å²) in [7, 11) is -3.41. The van der Waals surface area contributed by atoms with Crippen molar-refractivity contribution in [1.29, 1.82) is 0 Å². The lowest BCUT2D eigenvalue weighted by Gasteiger charge is -2.24. The summed E-state index contributed by atoms with van der Waals surface area (Å²) in [5.74, 6) is 0.706. The van der Waals surface area contributed by atoms with E-state index in [0.717, 1.165) is 13.0 Å². The zero-order chi connectivity index (χ0) is 15.3. The van der Waals surface area contributed by atoms with Gasteiger partial charge in [0, 0.05) is 25.3 Å². The number of nitrogens with zero attached hydrogens (tertiary/aromatic N) is 2. The van der Waals surface area contributed by atoms with E-state index in [1.807, 2.05) is 0 Å². The molecule has 21 heavy (non-hydrogen) atoms. The molecular formula is C14H26N4O2S. The van der Waals surface area contributed by atoms with Gasteiger partial charge in [-0.1, -0.05) is 33.1 Å². The van der Waals surface area contributed by atoms with Gasteiger partial charge in [-0.3, -0.25) is 4.68 Å². The van der Waals surface area contributed by atoms with Gasteiger partial charge in [-0.05, 0) is 12.3 Å². The molecule has 1 heterocycles. The van der Waals surface area contributed by atoms with Crippen LogP contribution in [0, 0.1) is 5.92 Å². The molecule has 120 valence electrons. The first-order valence-corrected chi connectivity index (χ1v) is 9.21. The Labute approximate surface area is 127 Å². The van der Waals surface area contributed by atoms with Gasteiger partial charge in [0.25, 0.3) is 0 Å². The van der Waals surface area contributed by atoms with Crippen LogP contribution in [0.5, 0.6) is 0 Å².